The van der Waals surface area contributed by atoms with Crippen LogP contribution in [-0.4, -0.2) is 25.0 Å². The van der Waals surface area contributed by atoms with Gasteiger partial charge in [-0.3, -0.25) is 9.59 Å². The highest BCUT2D eigenvalue weighted by Gasteiger charge is 2.35. The number of carbonyl (C=O) groups excluding carboxylic acids is 2. The minimum atomic E-state index is -0.394. The van der Waals surface area contributed by atoms with Crippen molar-refractivity contribution in [2.24, 2.45) is 5.92 Å². The quantitative estimate of drug-likeness (QED) is 0.784. The van der Waals surface area contributed by atoms with E-state index in [4.69, 9.17) is 16.3 Å². The predicted molar refractivity (Wildman–Crippen MR) is 103 cm³/mol. The molecule has 0 saturated carbocycles. The van der Waals surface area contributed by atoms with Crippen LogP contribution in [0.5, 0.6) is 5.75 Å². The number of halogens is 1. The van der Waals surface area contributed by atoms with E-state index in [1.807, 2.05) is 0 Å². The second-order valence-electron chi connectivity index (χ2n) is 6.00. The zero-order valence-corrected chi connectivity index (χ0v) is 14.9. The lowest BCUT2D eigenvalue weighted by molar-refractivity contribution is -0.122. The summed E-state index contributed by atoms with van der Waals surface area (Å²) in [4.78, 5) is 26.4. The zero-order valence-electron chi connectivity index (χ0n) is 14.2. The van der Waals surface area contributed by atoms with Crippen LogP contribution < -0.4 is 15.0 Å². The molecule has 0 aliphatic carbocycles. The molecule has 0 unspecified atom stereocenters. The Bertz CT molecular complexity index is 803. The van der Waals surface area contributed by atoms with E-state index in [1.54, 1.807) is 59.5 Å². The summed E-state index contributed by atoms with van der Waals surface area (Å²) in [6, 6.07) is 14.1. The maximum atomic E-state index is 12.5. The predicted octanol–water partition coefficient (Wildman–Crippen LogP) is 3.90. The Morgan fingerprint density at radius 1 is 1.23 bits per heavy atom. The maximum absolute atomic E-state index is 12.5. The summed E-state index contributed by atoms with van der Waals surface area (Å²) >= 11 is 5.88. The highest BCUT2D eigenvalue weighted by molar-refractivity contribution is 6.30. The van der Waals surface area contributed by atoms with E-state index in [1.165, 1.54) is 0 Å². The Kier molecular flexibility index (Phi) is 5.58. The van der Waals surface area contributed by atoms with Crippen molar-refractivity contribution in [1.82, 2.24) is 0 Å². The number of nitrogens with zero attached hydrogens (tertiary/aromatic N) is 1. The Morgan fingerprint density at radius 2 is 1.92 bits per heavy atom. The summed E-state index contributed by atoms with van der Waals surface area (Å²) in [5.74, 6) is 0.0675. The van der Waals surface area contributed by atoms with E-state index >= 15 is 0 Å². The first-order valence-electron chi connectivity index (χ1n) is 8.27. The summed E-state index contributed by atoms with van der Waals surface area (Å²) in [7, 11) is 0. The third-order valence-electron chi connectivity index (χ3n) is 4.12. The lowest BCUT2D eigenvalue weighted by Crippen LogP contribution is -2.28. The van der Waals surface area contributed by atoms with Crippen LogP contribution in [0.1, 0.15) is 6.42 Å². The Hall–Kier alpha value is -2.79. The molecule has 1 heterocycles. The molecule has 26 heavy (non-hydrogen) atoms. The van der Waals surface area contributed by atoms with Gasteiger partial charge in [-0.25, -0.2) is 0 Å². The average molecular weight is 371 g/mol. The number of carbonyl (C=O) groups is 2. The summed E-state index contributed by atoms with van der Waals surface area (Å²) in [5, 5.41) is 3.46. The normalized spacial score (nSPS) is 16.4. The summed E-state index contributed by atoms with van der Waals surface area (Å²) in [6.45, 7) is 4.38. The van der Waals surface area contributed by atoms with Crippen molar-refractivity contribution in [3.63, 3.8) is 0 Å². The van der Waals surface area contributed by atoms with Crippen LogP contribution in [-0.2, 0) is 9.59 Å². The van der Waals surface area contributed by atoms with Crippen LogP contribution in [0.2, 0.25) is 5.02 Å². The Balaban J connectivity index is 1.61. The molecule has 2 aromatic rings. The molecule has 1 N–H and O–H groups in total. The maximum Gasteiger partial charge on any atom is 0.229 e. The molecule has 1 fully saturated rings. The lowest BCUT2D eigenvalue weighted by atomic mass is 10.1. The smallest absolute Gasteiger partial charge is 0.229 e. The van der Waals surface area contributed by atoms with Gasteiger partial charge in [-0.1, -0.05) is 24.3 Å². The second-order valence-corrected chi connectivity index (χ2v) is 6.43. The summed E-state index contributed by atoms with van der Waals surface area (Å²) in [6.07, 6.45) is 1.86. The molecule has 0 aromatic heterocycles. The number of amides is 2. The molecule has 3 rings (SSSR count). The monoisotopic (exact) mass is 370 g/mol. The van der Waals surface area contributed by atoms with Gasteiger partial charge in [0.15, 0.2) is 0 Å². The van der Waals surface area contributed by atoms with E-state index in [2.05, 4.69) is 11.9 Å². The molecule has 1 atom stereocenters. The molecule has 2 aromatic carbocycles. The molecule has 1 saturated heterocycles. The highest BCUT2D eigenvalue weighted by Crippen LogP contribution is 2.27. The number of hydrogen-bond acceptors (Lipinski definition) is 3. The fourth-order valence-corrected chi connectivity index (χ4v) is 2.91. The van der Waals surface area contributed by atoms with Crippen molar-refractivity contribution in [3.8, 4) is 5.75 Å². The van der Waals surface area contributed by atoms with Crippen molar-refractivity contribution in [3.05, 3.63) is 66.2 Å². The van der Waals surface area contributed by atoms with Crippen LogP contribution in [0.3, 0.4) is 0 Å². The van der Waals surface area contributed by atoms with Crippen LogP contribution >= 0.6 is 11.6 Å². The van der Waals surface area contributed by atoms with Crippen LogP contribution in [0, 0.1) is 5.92 Å². The molecule has 1 aliphatic heterocycles. The Labute approximate surface area is 157 Å². The van der Waals surface area contributed by atoms with Crippen LogP contribution in [0.25, 0.3) is 0 Å². The first kappa shape index (κ1) is 18.0. The zero-order chi connectivity index (χ0) is 18.5. The van der Waals surface area contributed by atoms with E-state index in [-0.39, 0.29) is 18.2 Å². The van der Waals surface area contributed by atoms with Gasteiger partial charge in [0.2, 0.25) is 11.8 Å². The number of ether oxygens (including phenoxy) is 1. The fraction of sp³-hybridized carbons (Fsp3) is 0.200. The second kappa shape index (κ2) is 8.06. The summed E-state index contributed by atoms with van der Waals surface area (Å²) in [5.41, 5.74) is 1.41. The molecule has 0 bridgehead atoms. The average Bonchev–Trinajstić information content (AvgIpc) is 3.04. The Morgan fingerprint density at radius 3 is 2.58 bits per heavy atom. The van der Waals surface area contributed by atoms with Gasteiger partial charge in [-0.15, -0.1) is 0 Å². The largest absolute Gasteiger partial charge is 0.490 e. The van der Waals surface area contributed by atoms with E-state index in [0.717, 1.165) is 5.69 Å². The third kappa shape index (κ3) is 4.24. The van der Waals surface area contributed by atoms with Gasteiger partial charge in [0.1, 0.15) is 12.4 Å². The molecule has 2 amide bonds. The lowest BCUT2D eigenvalue weighted by Gasteiger charge is -2.16. The van der Waals surface area contributed by atoms with E-state index in [9.17, 15) is 9.59 Å². The third-order valence-corrected chi connectivity index (χ3v) is 4.38. The van der Waals surface area contributed by atoms with Gasteiger partial charge in [0.05, 0.1) is 5.92 Å². The molecule has 5 nitrogen and oxygen atoms in total. The molecule has 0 radical (unpaired) electrons. The van der Waals surface area contributed by atoms with Gasteiger partial charge >= 0.3 is 0 Å². The fourth-order valence-electron chi connectivity index (χ4n) is 2.79. The van der Waals surface area contributed by atoms with Crippen molar-refractivity contribution in [2.45, 2.75) is 6.42 Å². The first-order chi connectivity index (χ1) is 12.6. The van der Waals surface area contributed by atoms with Gasteiger partial charge in [-0.2, -0.15) is 0 Å². The van der Waals surface area contributed by atoms with Crippen molar-refractivity contribution in [2.75, 3.05) is 23.4 Å². The van der Waals surface area contributed by atoms with Crippen LogP contribution in [0.15, 0.2) is 61.2 Å². The van der Waals surface area contributed by atoms with Gasteiger partial charge in [0.25, 0.3) is 0 Å². The first-order valence-corrected chi connectivity index (χ1v) is 8.65. The standard InChI is InChI=1S/C20H19ClN2O3/c1-2-11-26-18-9-5-16(6-10-18)22-20(25)14-12-19(24)23(13-14)17-7-3-15(21)4-8-17/h2-10,14H,1,11-13H2,(H,22,25)/t14-/m0/s1. The highest BCUT2D eigenvalue weighted by atomic mass is 35.5. The number of benzene rings is 2. The SMILES string of the molecule is C=CCOc1ccc(NC(=O)[C@H]2CC(=O)N(c3ccc(Cl)cc3)C2)cc1. The molecule has 134 valence electrons. The molecular formula is C20H19ClN2O3. The number of anilines is 2. The summed E-state index contributed by atoms with van der Waals surface area (Å²) < 4.78 is 5.41. The number of rotatable bonds is 6. The van der Waals surface area contributed by atoms with E-state index < -0.39 is 5.92 Å². The van der Waals surface area contributed by atoms with Crippen molar-refractivity contribution >= 4 is 34.8 Å². The van der Waals surface area contributed by atoms with Crippen LogP contribution in [0.4, 0.5) is 11.4 Å². The minimum Gasteiger partial charge on any atom is -0.490 e. The molecule has 0 spiro atoms. The van der Waals surface area contributed by atoms with Crippen molar-refractivity contribution < 1.29 is 14.3 Å². The van der Waals surface area contributed by atoms with E-state index in [0.29, 0.717) is 29.6 Å². The molecule has 6 heteroatoms. The number of nitrogens with one attached hydrogen (secondary N) is 1. The van der Waals surface area contributed by atoms with Gasteiger partial charge in [-0.05, 0) is 48.5 Å². The van der Waals surface area contributed by atoms with Crippen molar-refractivity contribution in [1.29, 1.82) is 0 Å². The van der Waals surface area contributed by atoms with Gasteiger partial charge < -0.3 is 15.0 Å². The molecular weight excluding hydrogens is 352 g/mol. The topological polar surface area (TPSA) is 58.6 Å². The number of hydrogen-bond donors (Lipinski definition) is 1. The molecule has 1 aliphatic rings. The van der Waals surface area contributed by atoms with Gasteiger partial charge in [0, 0.05) is 29.4 Å². The minimum absolute atomic E-state index is 0.0688.